The van der Waals surface area contributed by atoms with E-state index in [4.69, 9.17) is 0 Å². The SMILES string of the molecule is Cc1ccc(C(=O)NC2CCC2)s1. The highest BCUT2D eigenvalue weighted by Gasteiger charge is 2.20. The van der Waals surface area contributed by atoms with Crippen molar-refractivity contribution in [3.8, 4) is 0 Å². The minimum atomic E-state index is 0.0998. The predicted molar refractivity (Wildman–Crippen MR) is 54.2 cm³/mol. The lowest BCUT2D eigenvalue weighted by Crippen LogP contribution is -2.39. The second kappa shape index (κ2) is 3.50. The van der Waals surface area contributed by atoms with Crippen molar-refractivity contribution in [3.05, 3.63) is 21.9 Å². The van der Waals surface area contributed by atoms with Gasteiger partial charge in [0.2, 0.25) is 0 Å². The van der Waals surface area contributed by atoms with E-state index in [0.29, 0.717) is 6.04 Å². The monoisotopic (exact) mass is 195 g/mol. The summed E-state index contributed by atoms with van der Waals surface area (Å²) in [6.45, 7) is 2.02. The summed E-state index contributed by atoms with van der Waals surface area (Å²) in [4.78, 5) is 13.6. The Labute approximate surface area is 82.0 Å². The molecule has 1 N–H and O–H groups in total. The first-order valence-electron chi connectivity index (χ1n) is 4.63. The summed E-state index contributed by atoms with van der Waals surface area (Å²) in [7, 11) is 0. The molecule has 1 fully saturated rings. The predicted octanol–water partition coefficient (Wildman–Crippen LogP) is 2.34. The molecular formula is C10H13NOS. The normalized spacial score (nSPS) is 16.7. The van der Waals surface area contributed by atoms with Crippen molar-refractivity contribution in [3.63, 3.8) is 0 Å². The van der Waals surface area contributed by atoms with Crippen LogP contribution in [0.5, 0.6) is 0 Å². The first-order valence-corrected chi connectivity index (χ1v) is 5.44. The summed E-state index contributed by atoms with van der Waals surface area (Å²) in [6, 6.07) is 4.32. The van der Waals surface area contributed by atoms with Crippen LogP contribution in [0.1, 0.15) is 33.8 Å². The standard InChI is InChI=1S/C10H13NOS/c1-7-5-6-9(13-7)10(12)11-8-3-2-4-8/h5-6,8H,2-4H2,1H3,(H,11,12). The van der Waals surface area contributed by atoms with E-state index in [9.17, 15) is 4.79 Å². The second-order valence-electron chi connectivity index (χ2n) is 3.51. The van der Waals surface area contributed by atoms with Crippen molar-refractivity contribution >= 4 is 17.2 Å². The number of carbonyl (C=O) groups excluding carboxylic acids is 1. The third kappa shape index (κ3) is 1.91. The zero-order valence-electron chi connectivity index (χ0n) is 7.67. The second-order valence-corrected chi connectivity index (χ2v) is 4.80. The molecule has 1 amide bonds. The van der Waals surface area contributed by atoms with Crippen molar-refractivity contribution in [2.24, 2.45) is 0 Å². The van der Waals surface area contributed by atoms with Crippen LogP contribution in [0.3, 0.4) is 0 Å². The number of hydrogen-bond acceptors (Lipinski definition) is 2. The quantitative estimate of drug-likeness (QED) is 0.771. The van der Waals surface area contributed by atoms with Gasteiger partial charge in [0, 0.05) is 10.9 Å². The molecule has 1 aromatic rings. The third-order valence-electron chi connectivity index (χ3n) is 2.40. The molecule has 0 spiro atoms. The molecule has 13 heavy (non-hydrogen) atoms. The molecular weight excluding hydrogens is 182 g/mol. The Morgan fingerprint density at radius 2 is 2.31 bits per heavy atom. The van der Waals surface area contributed by atoms with Crippen LogP contribution in [-0.2, 0) is 0 Å². The van der Waals surface area contributed by atoms with Crippen LogP contribution >= 0.6 is 11.3 Å². The van der Waals surface area contributed by atoms with E-state index in [2.05, 4.69) is 5.32 Å². The fraction of sp³-hybridized carbons (Fsp3) is 0.500. The van der Waals surface area contributed by atoms with Crippen LogP contribution in [0, 0.1) is 6.92 Å². The lowest BCUT2D eigenvalue weighted by molar-refractivity contribution is 0.0921. The zero-order chi connectivity index (χ0) is 9.26. The zero-order valence-corrected chi connectivity index (χ0v) is 8.49. The van der Waals surface area contributed by atoms with Crippen molar-refractivity contribution in [2.75, 3.05) is 0 Å². The highest BCUT2D eigenvalue weighted by molar-refractivity contribution is 7.13. The Balaban J connectivity index is 1.96. The Morgan fingerprint density at radius 3 is 2.77 bits per heavy atom. The molecule has 1 aromatic heterocycles. The summed E-state index contributed by atoms with van der Waals surface area (Å²) in [5.74, 6) is 0.0998. The van der Waals surface area contributed by atoms with Crippen LogP contribution < -0.4 is 5.32 Å². The molecule has 2 rings (SSSR count). The van der Waals surface area contributed by atoms with Crippen LogP contribution in [0.2, 0.25) is 0 Å². The molecule has 70 valence electrons. The fourth-order valence-corrected chi connectivity index (χ4v) is 2.14. The van der Waals surface area contributed by atoms with Gasteiger partial charge in [-0.25, -0.2) is 0 Å². The number of aryl methyl sites for hydroxylation is 1. The molecule has 0 saturated heterocycles. The highest BCUT2D eigenvalue weighted by atomic mass is 32.1. The molecule has 0 unspecified atom stereocenters. The highest BCUT2D eigenvalue weighted by Crippen LogP contribution is 2.20. The number of hydrogen-bond donors (Lipinski definition) is 1. The van der Waals surface area contributed by atoms with E-state index in [1.165, 1.54) is 11.3 Å². The maximum absolute atomic E-state index is 11.6. The fourth-order valence-electron chi connectivity index (χ4n) is 1.37. The lowest BCUT2D eigenvalue weighted by Gasteiger charge is -2.25. The van der Waals surface area contributed by atoms with Gasteiger partial charge in [0.15, 0.2) is 0 Å². The van der Waals surface area contributed by atoms with Gasteiger partial charge >= 0.3 is 0 Å². The number of rotatable bonds is 2. The molecule has 1 heterocycles. The molecule has 1 saturated carbocycles. The van der Waals surface area contributed by atoms with Gasteiger partial charge in [-0.3, -0.25) is 4.79 Å². The van der Waals surface area contributed by atoms with Gasteiger partial charge in [-0.15, -0.1) is 11.3 Å². The molecule has 0 aliphatic heterocycles. The van der Waals surface area contributed by atoms with Crippen molar-refractivity contribution in [1.29, 1.82) is 0 Å². The average Bonchev–Trinajstić information content (AvgIpc) is 2.44. The number of amides is 1. The van der Waals surface area contributed by atoms with E-state index in [1.54, 1.807) is 11.3 Å². The Hall–Kier alpha value is -0.830. The van der Waals surface area contributed by atoms with Gasteiger partial charge < -0.3 is 5.32 Å². The summed E-state index contributed by atoms with van der Waals surface area (Å²) in [5.41, 5.74) is 0. The largest absolute Gasteiger partial charge is 0.349 e. The summed E-state index contributed by atoms with van der Waals surface area (Å²) < 4.78 is 0. The molecule has 0 bridgehead atoms. The van der Waals surface area contributed by atoms with Crippen molar-refractivity contribution in [1.82, 2.24) is 5.32 Å². The first kappa shape index (κ1) is 8.75. The van der Waals surface area contributed by atoms with E-state index in [1.807, 2.05) is 19.1 Å². The minimum absolute atomic E-state index is 0.0998. The summed E-state index contributed by atoms with van der Waals surface area (Å²) in [6.07, 6.45) is 3.56. The number of thiophene rings is 1. The van der Waals surface area contributed by atoms with Gasteiger partial charge in [-0.05, 0) is 38.3 Å². The van der Waals surface area contributed by atoms with Gasteiger partial charge in [0.1, 0.15) is 0 Å². The molecule has 0 atom stereocenters. The molecule has 1 aliphatic carbocycles. The van der Waals surface area contributed by atoms with Crippen LogP contribution in [0.15, 0.2) is 12.1 Å². The number of carbonyl (C=O) groups is 1. The summed E-state index contributed by atoms with van der Waals surface area (Å²) in [5, 5.41) is 3.02. The smallest absolute Gasteiger partial charge is 0.261 e. The van der Waals surface area contributed by atoms with Gasteiger partial charge in [-0.1, -0.05) is 0 Å². The molecule has 0 aromatic carbocycles. The van der Waals surface area contributed by atoms with Gasteiger partial charge in [-0.2, -0.15) is 0 Å². The first-order chi connectivity index (χ1) is 6.25. The van der Waals surface area contributed by atoms with Gasteiger partial charge in [0.05, 0.1) is 4.88 Å². The molecule has 3 heteroatoms. The van der Waals surface area contributed by atoms with Gasteiger partial charge in [0.25, 0.3) is 5.91 Å². The van der Waals surface area contributed by atoms with E-state index in [0.717, 1.165) is 17.7 Å². The van der Waals surface area contributed by atoms with Crippen LogP contribution in [-0.4, -0.2) is 11.9 Å². The maximum Gasteiger partial charge on any atom is 0.261 e. The topological polar surface area (TPSA) is 29.1 Å². The lowest BCUT2D eigenvalue weighted by atomic mass is 9.93. The maximum atomic E-state index is 11.6. The molecule has 0 radical (unpaired) electrons. The van der Waals surface area contributed by atoms with E-state index in [-0.39, 0.29) is 5.91 Å². The minimum Gasteiger partial charge on any atom is -0.349 e. The van der Waals surface area contributed by atoms with E-state index >= 15 is 0 Å². The van der Waals surface area contributed by atoms with Crippen molar-refractivity contribution in [2.45, 2.75) is 32.2 Å². The molecule has 2 nitrogen and oxygen atoms in total. The summed E-state index contributed by atoms with van der Waals surface area (Å²) >= 11 is 1.56. The Morgan fingerprint density at radius 1 is 1.54 bits per heavy atom. The Bertz CT molecular complexity index is 314. The number of nitrogens with one attached hydrogen (secondary N) is 1. The Kier molecular flexibility index (Phi) is 2.36. The van der Waals surface area contributed by atoms with Crippen LogP contribution in [0.4, 0.5) is 0 Å². The molecule has 1 aliphatic rings. The van der Waals surface area contributed by atoms with Crippen molar-refractivity contribution < 1.29 is 4.79 Å². The van der Waals surface area contributed by atoms with E-state index < -0.39 is 0 Å². The third-order valence-corrected chi connectivity index (χ3v) is 3.40. The average molecular weight is 195 g/mol. The van der Waals surface area contributed by atoms with Crippen LogP contribution in [0.25, 0.3) is 0 Å².